The molecular weight excluding hydrogens is 430 g/mol. The smallest absolute Gasteiger partial charge is 0.339 e. The van der Waals surface area contributed by atoms with Crippen LogP contribution in [0.1, 0.15) is 93.1 Å². The van der Waals surface area contributed by atoms with E-state index >= 15 is 0 Å². The van der Waals surface area contributed by atoms with Crippen molar-refractivity contribution >= 4 is 23.8 Å². The maximum absolute atomic E-state index is 10.9. The summed E-state index contributed by atoms with van der Waals surface area (Å²) >= 11 is 0. The number of aliphatic imine (C=N–C) groups is 1. The van der Waals surface area contributed by atoms with Gasteiger partial charge in [0.05, 0.1) is 11.6 Å². The van der Waals surface area contributed by atoms with Crippen molar-refractivity contribution < 1.29 is 24.9 Å². The van der Waals surface area contributed by atoms with Crippen LogP contribution in [-0.4, -0.2) is 33.5 Å². The molecule has 34 heavy (non-hydrogen) atoms. The molecule has 0 aliphatic heterocycles. The number of nitrogens with zero attached hydrogens (tertiary/aromatic N) is 1. The second-order valence-corrected chi connectivity index (χ2v) is 8.65. The van der Waals surface area contributed by atoms with Crippen LogP contribution in [0, 0.1) is 12.8 Å². The Kier molecular flexibility index (Phi) is 14.0. The second-order valence-electron chi connectivity index (χ2n) is 8.65. The molecule has 3 N–H and O–H groups in total. The Balaban J connectivity index is 0.000000352. The Labute approximate surface area is 203 Å². The lowest BCUT2D eigenvalue weighted by Gasteiger charge is -2.05. The third kappa shape index (κ3) is 11.6. The number of hydrogen-bond acceptors (Lipinski definition) is 4. The van der Waals surface area contributed by atoms with Gasteiger partial charge in [-0.15, -0.1) is 0 Å². The number of hydrogen-bond donors (Lipinski definition) is 3. The van der Waals surface area contributed by atoms with Gasteiger partial charge in [0.25, 0.3) is 0 Å². The normalized spacial score (nSPS) is 11.6. The van der Waals surface area contributed by atoms with Gasteiger partial charge in [0, 0.05) is 11.8 Å². The van der Waals surface area contributed by atoms with E-state index < -0.39 is 11.9 Å². The van der Waals surface area contributed by atoms with Crippen molar-refractivity contribution in [3.8, 4) is 5.75 Å². The van der Waals surface area contributed by atoms with Crippen molar-refractivity contribution in [3.63, 3.8) is 0 Å². The number of benzene rings is 2. The SMILES string of the molecule is CCCCCCCCCCC(C)C(=O)O.Cc1ccc(N=Cc2cccc(C(=O)O)c2O)cc1. The highest BCUT2D eigenvalue weighted by molar-refractivity contribution is 5.96. The molecular formula is C28H39NO5. The second kappa shape index (κ2) is 16.5. The first kappa shape index (κ1) is 28.9. The average Bonchev–Trinajstić information content (AvgIpc) is 2.81. The van der Waals surface area contributed by atoms with Crippen LogP contribution in [0.15, 0.2) is 47.5 Å². The Morgan fingerprint density at radius 1 is 0.912 bits per heavy atom. The Bertz CT molecular complexity index is 906. The molecule has 0 amide bonds. The van der Waals surface area contributed by atoms with Crippen molar-refractivity contribution in [1.29, 1.82) is 0 Å². The molecule has 0 radical (unpaired) electrons. The van der Waals surface area contributed by atoms with E-state index in [1.807, 2.05) is 31.2 Å². The van der Waals surface area contributed by atoms with Crippen LogP contribution in [0.2, 0.25) is 0 Å². The zero-order valence-electron chi connectivity index (χ0n) is 20.7. The molecule has 0 aliphatic rings. The number of aromatic carboxylic acids is 1. The van der Waals surface area contributed by atoms with Crippen molar-refractivity contribution in [2.75, 3.05) is 0 Å². The van der Waals surface area contributed by atoms with Crippen LogP contribution < -0.4 is 0 Å². The Morgan fingerprint density at radius 2 is 1.50 bits per heavy atom. The molecule has 0 saturated heterocycles. The van der Waals surface area contributed by atoms with Gasteiger partial charge in [0.2, 0.25) is 0 Å². The van der Waals surface area contributed by atoms with E-state index in [9.17, 15) is 14.7 Å². The van der Waals surface area contributed by atoms with E-state index in [0.29, 0.717) is 5.56 Å². The van der Waals surface area contributed by atoms with Crippen molar-refractivity contribution in [1.82, 2.24) is 0 Å². The lowest BCUT2D eigenvalue weighted by Crippen LogP contribution is -2.08. The number of unbranched alkanes of at least 4 members (excludes halogenated alkanes) is 7. The van der Waals surface area contributed by atoms with Crippen molar-refractivity contribution in [2.24, 2.45) is 10.9 Å². The number of carboxylic acids is 2. The lowest BCUT2D eigenvalue weighted by atomic mass is 10.0. The number of aromatic hydroxyl groups is 1. The molecule has 2 aromatic rings. The minimum Gasteiger partial charge on any atom is -0.506 e. The Morgan fingerprint density at radius 3 is 2.06 bits per heavy atom. The van der Waals surface area contributed by atoms with Gasteiger partial charge in [0.1, 0.15) is 11.3 Å². The molecule has 2 rings (SSSR count). The highest BCUT2D eigenvalue weighted by Crippen LogP contribution is 2.22. The van der Waals surface area contributed by atoms with Crippen LogP contribution in [0.5, 0.6) is 5.75 Å². The van der Waals surface area contributed by atoms with Gasteiger partial charge in [-0.2, -0.15) is 0 Å². The summed E-state index contributed by atoms with van der Waals surface area (Å²) in [6.07, 6.45) is 12.5. The van der Waals surface area contributed by atoms with Gasteiger partial charge in [-0.05, 0) is 37.6 Å². The number of carboxylic acid groups (broad SMARTS) is 2. The van der Waals surface area contributed by atoms with Crippen LogP contribution in [0.4, 0.5) is 5.69 Å². The van der Waals surface area contributed by atoms with Gasteiger partial charge in [0.15, 0.2) is 0 Å². The summed E-state index contributed by atoms with van der Waals surface area (Å²) < 4.78 is 0. The molecule has 1 atom stereocenters. The van der Waals surface area contributed by atoms with E-state index in [1.165, 1.54) is 57.2 Å². The number of rotatable bonds is 13. The highest BCUT2D eigenvalue weighted by Gasteiger charge is 2.11. The summed E-state index contributed by atoms with van der Waals surface area (Å²) in [6, 6.07) is 12.1. The molecule has 6 nitrogen and oxygen atoms in total. The molecule has 6 heteroatoms. The quantitative estimate of drug-likeness (QED) is 0.209. The number of para-hydroxylation sites is 1. The van der Waals surface area contributed by atoms with Crippen molar-refractivity contribution in [3.05, 3.63) is 59.2 Å². The fourth-order valence-electron chi connectivity index (χ4n) is 3.32. The zero-order valence-corrected chi connectivity index (χ0v) is 20.7. The first-order chi connectivity index (χ1) is 16.3. The van der Waals surface area contributed by atoms with Crippen LogP contribution >= 0.6 is 0 Å². The molecule has 0 fully saturated rings. The monoisotopic (exact) mass is 469 g/mol. The predicted octanol–water partition coefficient (Wildman–Crippen LogP) is 7.39. The molecule has 0 heterocycles. The third-order valence-electron chi connectivity index (χ3n) is 5.60. The van der Waals surface area contributed by atoms with Gasteiger partial charge in [-0.25, -0.2) is 4.79 Å². The van der Waals surface area contributed by atoms with Crippen molar-refractivity contribution in [2.45, 2.75) is 78.6 Å². The summed E-state index contributed by atoms with van der Waals surface area (Å²) in [5.74, 6) is -2.25. The molecule has 0 aromatic heterocycles. The minimum atomic E-state index is -1.16. The van der Waals surface area contributed by atoms with Gasteiger partial charge < -0.3 is 15.3 Å². The molecule has 186 valence electrons. The molecule has 0 spiro atoms. The van der Waals surface area contributed by atoms with E-state index in [2.05, 4.69) is 11.9 Å². The zero-order chi connectivity index (χ0) is 25.3. The molecule has 0 aliphatic carbocycles. The van der Waals surface area contributed by atoms with Gasteiger partial charge >= 0.3 is 11.9 Å². The first-order valence-corrected chi connectivity index (χ1v) is 12.1. The first-order valence-electron chi connectivity index (χ1n) is 12.1. The number of phenols is 1. The maximum atomic E-state index is 10.9. The molecule has 2 aromatic carbocycles. The van der Waals surface area contributed by atoms with E-state index in [1.54, 1.807) is 19.1 Å². The summed E-state index contributed by atoms with van der Waals surface area (Å²) in [4.78, 5) is 25.6. The molecule has 1 unspecified atom stereocenters. The summed E-state index contributed by atoms with van der Waals surface area (Å²) in [7, 11) is 0. The fraction of sp³-hybridized carbons (Fsp3) is 0.464. The predicted molar refractivity (Wildman–Crippen MR) is 138 cm³/mol. The third-order valence-corrected chi connectivity index (χ3v) is 5.60. The minimum absolute atomic E-state index is 0.132. The van der Waals surface area contributed by atoms with Crippen LogP contribution in [0.25, 0.3) is 0 Å². The van der Waals surface area contributed by atoms with Crippen LogP contribution in [-0.2, 0) is 4.79 Å². The highest BCUT2D eigenvalue weighted by atomic mass is 16.4. The molecule has 0 bridgehead atoms. The number of carbonyl (C=O) groups is 2. The lowest BCUT2D eigenvalue weighted by molar-refractivity contribution is -0.141. The van der Waals surface area contributed by atoms with E-state index in [0.717, 1.165) is 24.1 Å². The average molecular weight is 470 g/mol. The maximum Gasteiger partial charge on any atom is 0.339 e. The molecule has 0 saturated carbocycles. The van der Waals surface area contributed by atoms with Gasteiger partial charge in [-0.1, -0.05) is 89.0 Å². The summed E-state index contributed by atoms with van der Waals surface area (Å²) in [5.41, 5.74) is 2.12. The van der Waals surface area contributed by atoms with Gasteiger partial charge in [-0.3, -0.25) is 9.79 Å². The summed E-state index contributed by atoms with van der Waals surface area (Å²) in [6.45, 7) is 6.01. The summed E-state index contributed by atoms with van der Waals surface area (Å²) in [5, 5.41) is 27.4. The largest absolute Gasteiger partial charge is 0.506 e. The van der Waals surface area contributed by atoms with Crippen LogP contribution in [0.3, 0.4) is 0 Å². The fourth-order valence-corrected chi connectivity index (χ4v) is 3.32. The number of aryl methyl sites for hydroxylation is 1. The van der Waals surface area contributed by atoms with E-state index in [4.69, 9.17) is 10.2 Å². The topological polar surface area (TPSA) is 107 Å². The number of aliphatic carboxylic acids is 1. The standard InChI is InChI=1S/C15H13NO3.C13H26O2/c1-10-5-7-12(8-6-10)16-9-11-3-2-4-13(14(11)17)15(18)19;1-3-4-5-6-7-8-9-10-11-12(2)13(14)15/h2-9,17H,1H3,(H,18,19);12H,3-11H2,1-2H3,(H,14,15). The Hall–Kier alpha value is -3.15. The van der Waals surface area contributed by atoms with E-state index in [-0.39, 0.29) is 17.2 Å².